The Hall–Kier alpha value is -3.48. The molecule has 0 saturated carbocycles. The Balaban J connectivity index is 1.74. The molecule has 0 bridgehead atoms. The number of nitrogens with zero attached hydrogens (tertiary/aromatic N) is 2. The number of nitrogens with one attached hydrogen (secondary N) is 1. The number of hydrogen-bond acceptors (Lipinski definition) is 4. The van der Waals surface area contributed by atoms with Crippen LogP contribution >= 0.6 is 0 Å². The lowest BCUT2D eigenvalue weighted by molar-refractivity contribution is -0.157. The predicted octanol–water partition coefficient (Wildman–Crippen LogP) is 2.21. The number of benzene rings is 2. The SMILES string of the molecule is [2H]c1c([2H])c([2H])c2c3c([nH]c2c1[2H])[C@@]([2H])(c1ccc2c(c1)OCO2)N1C(=O)CN(C)C(=O)[C@@]1([2H])C3. The molecule has 6 rings (SSSR count). The number of H-pyrrole nitrogens is 1. The molecular weight excluding hydrogens is 370 g/mol. The average molecular weight is 395 g/mol. The minimum atomic E-state index is -2.21. The Morgan fingerprint density at radius 2 is 2.03 bits per heavy atom. The monoisotopic (exact) mass is 395 g/mol. The summed E-state index contributed by atoms with van der Waals surface area (Å²) in [5, 5.41) is 0.100. The zero-order valence-corrected chi connectivity index (χ0v) is 15.4. The van der Waals surface area contributed by atoms with Gasteiger partial charge in [-0.15, -0.1) is 0 Å². The fraction of sp³-hybridized carbons (Fsp3) is 0.273. The third-order valence-electron chi connectivity index (χ3n) is 5.48. The van der Waals surface area contributed by atoms with E-state index in [1.54, 1.807) is 12.1 Å². The first kappa shape index (κ1) is 11.5. The number of rotatable bonds is 1. The van der Waals surface area contributed by atoms with E-state index >= 15 is 0 Å². The van der Waals surface area contributed by atoms with Crippen molar-refractivity contribution < 1.29 is 27.3 Å². The van der Waals surface area contributed by atoms with Crippen molar-refractivity contribution in [2.24, 2.45) is 0 Å². The smallest absolute Gasteiger partial charge is 0.245 e. The van der Waals surface area contributed by atoms with Crippen LogP contribution in [0.5, 0.6) is 11.5 Å². The molecule has 2 atom stereocenters. The van der Waals surface area contributed by atoms with Crippen LogP contribution in [0.2, 0.25) is 0 Å². The van der Waals surface area contributed by atoms with E-state index in [0.717, 1.165) is 9.80 Å². The Kier molecular flexibility index (Phi) is 2.29. The van der Waals surface area contributed by atoms with Crippen molar-refractivity contribution in [3.63, 3.8) is 0 Å². The van der Waals surface area contributed by atoms with Crippen molar-refractivity contribution in [1.29, 1.82) is 0 Å². The Morgan fingerprint density at radius 1 is 1.21 bits per heavy atom. The van der Waals surface area contributed by atoms with Crippen molar-refractivity contribution in [3.05, 3.63) is 59.2 Å². The molecular formula is C22H19N3O4. The maximum Gasteiger partial charge on any atom is 0.245 e. The number of amides is 2. The highest BCUT2D eigenvalue weighted by Gasteiger charge is 2.47. The molecule has 1 N–H and O–H groups in total. The highest BCUT2D eigenvalue weighted by Crippen LogP contribution is 2.44. The van der Waals surface area contributed by atoms with Gasteiger partial charge < -0.3 is 24.3 Å². The quantitative estimate of drug-likeness (QED) is 0.686. The van der Waals surface area contributed by atoms with Crippen LogP contribution in [0.15, 0.2) is 42.4 Å². The van der Waals surface area contributed by atoms with Gasteiger partial charge in [0.2, 0.25) is 18.6 Å². The van der Waals surface area contributed by atoms with Gasteiger partial charge in [-0.05, 0) is 29.3 Å². The van der Waals surface area contributed by atoms with Crippen LogP contribution < -0.4 is 9.47 Å². The van der Waals surface area contributed by atoms with Crippen LogP contribution in [-0.4, -0.2) is 53.0 Å². The molecule has 3 aliphatic rings. The van der Waals surface area contributed by atoms with E-state index in [1.807, 2.05) is 0 Å². The van der Waals surface area contributed by atoms with Crippen LogP contribution in [-0.2, 0) is 16.0 Å². The second-order valence-electron chi connectivity index (χ2n) is 7.16. The van der Waals surface area contributed by atoms with Crippen LogP contribution in [0.3, 0.4) is 0 Å². The molecule has 7 nitrogen and oxygen atoms in total. The molecule has 3 aliphatic heterocycles. The summed E-state index contributed by atoms with van der Waals surface area (Å²) >= 11 is 0. The summed E-state index contributed by atoms with van der Waals surface area (Å²) in [6.07, 6.45) is -0.343. The second kappa shape index (κ2) is 5.76. The number of carbonyl (C=O) groups is 2. The van der Waals surface area contributed by atoms with E-state index in [4.69, 9.17) is 15.0 Å². The van der Waals surface area contributed by atoms with E-state index in [9.17, 15) is 12.3 Å². The zero-order chi connectivity index (χ0) is 25.0. The van der Waals surface area contributed by atoms with Gasteiger partial charge >= 0.3 is 0 Å². The summed E-state index contributed by atoms with van der Waals surface area (Å²) in [7, 11) is 1.41. The van der Waals surface area contributed by atoms with Crippen LogP contribution in [0.25, 0.3) is 10.9 Å². The standard InChI is InChI=1S/C22H19N3O4/c1-24-10-19(26)25-16(22(24)27)9-14-13-4-2-3-5-15(13)23-20(14)21(25)12-6-7-17-18(8-12)29-11-28-17/h2-8,16,21,23H,9-11H2,1H3/t16-,21-/m1/s1/i2D,3D,4D,5D,16D,21D. The topological polar surface area (TPSA) is 74.9 Å². The first-order chi connectivity index (χ1) is 16.5. The first-order valence-corrected chi connectivity index (χ1v) is 9.10. The number of para-hydroxylation sites is 1. The summed E-state index contributed by atoms with van der Waals surface area (Å²) in [6.45, 7) is -0.333. The van der Waals surface area contributed by atoms with Gasteiger partial charge in [-0.3, -0.25) is 9.59 Å². The van der Waals surface area contributed by atoms with Gasteiger partial charge in [0.1, 0.15) is 6.02 Å². The maximum atomic E-state index is 13.4. The normalized spacial score (nSPS) is 30.8. The van der Waals surface area contributed by atoms with Gasteiger partial charge in [0.05, 0.1) is 20.8 Å². The highest BCUT2D eigenvalue weighted by atomic mass is 16.7. The number of hydrogen-bond donors (Lipinski definition) is 1. The number of aromatic amines is 1. The summed E-state index contributed by atoms with van der Waals surface area (Å²) in [5.74, 6) is -0.512. The van der Waals surface area contributed by atoms with Gasteiger partial charge in [-0.25, -0.2) is 0 Å². The van der Waals surface area contributed by atoms with Crippen molar-refractivity contribution in [2.75, 3.05) is 20.4 Å². The molecule has 4 heterocycles. The molecule has 7 heteroatoms. The highest BCUT2D eigenvalue weighted by molar-refractivity contribution is 5.97. The molecule has 3 aromatic rings. The minimum Gasteiger partial charge on any atom is -0.454 e. The zero-order valence-electron chi connectivity index (χ0n) is 21.4. The predicted molar refractivity (Wildman–Crippen MR) is 105 cm³/mol. The van der Waals surface area contributed by atoms with Crippen LogP contribution in [0, 0.1) is 0 Å². The summed E-state index contributed by atoms with van der Waals surface area (Å²) in [4.78, 5) is 31.7. The minimum absolute atomic E-state index is 0.0152. The molecule has 1 saturated heterocycles. The average Bonchev–Trinajstić information content (AvgIpc) is 3.44. The van der Waals surface area contributed by atoms with Gasteiger partial charge in [-0.1, -0.05) is 24.2 Å². The van der Waals surface area contributed by atoms with Crippen molar-refractivity contribution in [2.45, 2.75) is 18.5 Å². The number of carbonyl (C=O) groups excluding carboxylic acids is 2. The van der Waals surface area contributed by atoms with Gasteiger partial charge in [0.25, 0.3) is 0 Å². The van der Waals surface area contributed by atoms with Crippen LogP contribution in [0.4, 0.5) is 0 Å². The Morgan fingerprint density at radius 3 is 2.93 bits per heavy atom. The second-order valence-corrected chi connectivity index (χ2v) is 7.16. The van der Waals surface area contributed by atoms with E-state index in [-0.39, 0.29) is 59.6 Å². The number of fused-ring (bicyclic) bond motifs is 5. The van der Waals surface area contributed by atoms with E-state index in [2.05, 4.69) is 4.98 Å². The lowest BCUT2D eigenvalue weighted by atomic mass is 9.86. The van der Waals surface area contributed by atoms with Crippen molar-refractivity contribution >= 4 is 22.7 Å². The van der Waals surface area contributed by atoms with Gasteiger partial charge in [-0.2, -0.15) is 0 Å². The van der Waals surface area contributed by atoms with Crippen molar-refractivity contribution in [1.82, 2.24) is 14.8 Å². The van der Waals surface area contributed by atoms with Gasteiger partial charge in [0, 0.05) is 30.1 Å². The van der Waals surface area contributed by atoms with Gasteiger partial charge in [0.15, 0.2) is 11.5 Å². The van der Waals surface area contributed by atoms with Crippen LogP contribution in [0.1, 0.15) is 31.1 Å². The molecule has 0 radical (unpaired) electrons. The number of ether oxygens (including phenoxy) is 2. The molecule has 0 spiro atoms. The van der Waals surface area contributed by atoms with E-state index in [1.165, 1.54) is 13.1 Å². The fourth-order valence-corrected chi connectivity index (χ4v) is 4.16. The third-order valence-corrected chi connectivity index (χ3v) is 5.48. The molecule has 146 valence electrons. The molecule has 2 amide bonds. The summed E-state index contributed by atoms with van der Waals surface area (Å²) < 4.78 is 62.8. The molecule has 2 aromatic carbocycles. The summed E-state index contributed by atoms with van der Waals surface area (Å²) in [6, 6.07) is -1.30. The number of likely N-dealkylation sites (N-methyl/N-ethyl adjacent to an activating group) is 1. The Labute approximate surface area is 175 Å². The number of piperazine rings is 1. The first-order valence-electron chi connectivity index (χ1n) is 12.1. The third kappa shape index (κ3) is 2.24. The molecule has 1 aromatic heterocycles. The van der Waals surface area contributed by atoms with Crippen molar-refractivity contribution in [3.8, 4) is 11.5 Å². The molecule has 0 aliphatic carbocycles. The maximum absolute atomic E-state index is 13.4. The lowest BCUT2D eigenvalue weighted by Gasteiger charge is -2.46. The van der Waals surface area contributed by atoms with E-state index < -0.39 is 35.9 Å². The largest absolute Gasteiger partial charge is 0.454 e. The number of aromatic nitrogens is 1. The lowest BCUT2D eigenvalue weighted by Crippen LogP contribution is -2.62. The Bertz CT molecular complexity index is 1490. The summed E-state index contributed by atoms with van der Waals surface area (Å²) in [5.41, 5.74) is 0.594. The molecule has 0 unspecified atom stereocenters. The molecule has 1 fully saturated rings. The fourth-order valence-electron chi connectivity index (χ4n) is 4.16. The molecule has 29 heavy (non-hydrogen) atoms. The van der Waals surface area contributed by atoms with E-state index in [0.29, 0.717) is 11.5 Å².